The van der Waals surface area contributed by atoms with E-state index in [0.717, 1.165) is 29.8 Å². The summed E-state index contributed by atoms with van der Waals surface area (Å²) in [7, 11) is 0. The molecule has 0 amide bonds. The fourth-order valence-corrected chi connectivity index (χ4v) is 3.39. The molecule has 0 N–H and O–H groups in total. The number of benzene rings is 2. The van der Waals surface area contributed by atoms with Crippen molar-refractivity contribution in [2.24, 2.45) is 0 Å². The van der Waals surface area contributed by atoms with E-state index in [1.807, 2.05) is 0 Å². The molecule has 1 aromatic heterocycles. The molecule has 0 aliphatic carbocycles. The Balaban J connectivity index is 1.70. The van der Waals surface area contributed by atoms with Gasteiger partial charge in [0.1, 0.15) is 18.2 Å². The zero-order valence-electron chi connectivity index (χ0n) is 14.1. The molecule has 122 valence electrons. The van der Waals surface area contributed by atoms with Crippen molar-refractivity contribution in [3.05, 3.63) is 65.5 Å². The SMILES string of the molecule is Cc1ccc2ncnc(N3CCOC(c4ccccc4C)C3)c2c1. The summed E-state index contributed by atoms with van der Waals surface area (Å²) < 4.78 is 6.05. The van der Waals surface area contributed by atoms with E-state index in [2.05, 4.69) is 71.2 Å². The average Bonchev–Trinajstić information content (AvgIpc) is 2.61. The third kappa shape index (κ3) is 2.74. The number of rotatable bonds is 2. The average molecular weight is 319 g/mol. The third-order valence-electron chi connectivity index (χ3n) is 4.67. The van der Waals surface area contributed by atoms with Crippen LogP contribution in [0.5, 0.6) is 0 Å². The van der Waals surface area contributed by atoms with Gasteiger partial charge in [-0.1, -0.05) is 35.9 Å². The van der Waals surface area contributed by atoms with Crippen LogP contribution in [-0.2, 0) is 4.74 Å². The summed E-state index contributed by atoms with van der Waals surface area (Å²) in [4.78, 5) is 11.3. The van der Waals surface area contributed by atoms with Crippen molar-refractivity contribution < 1.29 is 4.74 Å². The van der Waals surface area contributed by atoms with E-state index < -0.39 is 0 Å². The Labute approximate surface area is 142 Å². The Morgan fingerprint density at radius 2 is 1.96 bits per heavy atom. The fraction of sp³-hybridized carbons (Fsp3) is 0.300. The lowest BCUT2D eigenvalue weighted by molar-refractivity contribution is 0.0392. The quantitative estimate of drug-likeness (QED) is 0.719. The molecule has 4 heteroatoms. The number of fused-ring (bicyclic) bond motifs is 1. The summed E-state index contributed by atoms with van der Waals surface area (Å²) in [6, 6.07) is 14.8. The molecule has 1 aliphatic rings. The van der Waals surface area contributed by atoms with Gasteiger partial charge in [-0.3, -0.25) is 0 Å². The minimum absolute atomic E-state index is 0.0785. The lowest BCUT2D eigenvalue weighted by atomic mass is 10.0. The van der Waals surface area contributed by atoms with Crippen LogP contribution in [0.2, 0.25) is 0 Å². The molecule has 1 unspecified atom stereocenters. The number of aryl methyl sites for hydroxylation is 2. The highest BCUT2D eigenvalue weighted by Crippen LogP contribution is 2.30. The highest BCUT2D eigenvalue weighted by atomic mass is 16.5. The molecule has 0 saturated carbocycles. The summed E-state index contributed by atoms with van der Waals surface area (Å²) >= 11 is 0. The van der Waals surface area contributed by atoms with Crippen molar-refractivity contribution in [2.75, 3.05) is 24.6 Å². The lowest BCUT2D eigenvalue weighted by Crippen LogP contribution is -2.39. The first-order chi connectivity index (χ1) is 11.7. The molecule has 1 atom stereocenters. The molecule has 4 nitrogen and oxygen atoms in total. The van der Waals surface area contributed by atoms with Crippen LogP contribution in [0.15, 0.2) is 48.8 Å². The van der Waals surface area contributed by atoms with E-state index in [-0.39, 0.29) is 6.10 Å². The number of nitrogens with zero attached hydrogens (tertiary/aromatic N) is 3. The Morgan fingerprint density at radius 1 is 1.08 bits per heavy atom. The van der Waals surface area contributed by atoms with E-state index in [1.165, 1.54) is 16.7 Å². The van der Waals surface area contributed by atoms with E-state index in [1.54, 1.807) is 6.33 Å². The molecule has 1 fully saturated rings. The standard InChI is InChI=1S/C20H21N3O/c1-14-7-8-18-17(11-14)20(22-13-21-18)23-9-10-24-19(12-23)16-6-4-3-5-15(16)2/h3-8,11,13,19H,9-10,12H2,1-2H3. The summed E-state index contributed by atoms with van der Waals surface area (Å²) in [6.45, 7) is 6.61. The number of hydrogen-bond donors (Lipinski definition) is 0. The second-order valence-electron chi connectivity index (χ2n) is 6.38. The van der Waals surface area contributed by atoms with Gasteiger partial charge in [-0.2, -0.15) is 0 Å². The third-order valence-corrected chi connectivity index (χ3v) is 4.67. The van der Waals surface area contributed by atoms with Gasteiger partial charge in [0.25, 0.3) is 0 Å². The molecule has 4 rings (SSSR count). The largest absolute Gasteiger partial charge is 0.370 e. The molecular weight excluding hydrogens is 298 g/mol. The monoisotopic (exact) mass is 319 g/mol. The molecule has 1 aliphatic heterocycles. The van der Waals surface area contributed by atoms with Crippen molar-refractivity contribution in [2.45, 2.75) is 20.0 Å². The second kappa shape index (κ2) is 6.21. The normalized spacial score (nSPS) is 18.1. The van der Waals surface area contributed by atoms with Crippen LogP contribution in [-0.4, -0.2) is 29.7 Å². The van der Waals surface area contributed by atoms with Crippen LogP contribution in [0.4, 0.5) is 5.82 Å². The predicted molar refractivity (Wildman–Crippen MR) is 96.4 cm³/mol. The number of ether oxygens (including phenoxy) is 1. The lowest BCUT2D eigenvalue weighted by Gasteiger charge is -2.35. The van der Waals surface area contributed by atoms with Crippen molar-refractivity contribution in [1.29, 1.82) is 0 Å². The second-order valence-corrected chi connectivity index (χ2v) is 6.38. The van der Waals surface area contributed by atoms with Gasteiger partial charge in [0.15, 0.2) is 0 Å². The molecule has 0 radical (unpaired) electrons. The Bertz CT molecular complexity index is 878. The van der Waals surface area contributed by atoms with Gasteiger partial charge < -0.3 is 9.64 Å². The maximum atomic E-state index is 6.05. The Morgan fingerprint density at radius 3 is 2.83 bits per heavy atom. The first-order valence-corrected chi connectivity index (χ1v) is 8.36. The molecule has 3 aromatic rings. The van der Waals surface area contributed by atoms with Crippen LogP contribution in [0, 0.1) is 13.8 Å². The van der Waals surface area contributed by atoms with E-state index in [9.17, 15) is 0 Å². The van der Waals surface area contributed by atoms with Crippen molar-refractivity contribution >= 4 is 16.7 Å². The highest BCUT2D eigenvalue weighted by Gasteiger charge is 2.25. The maximum Gasteiger partial charge on any atom is 0.140 e. The molecule has 2 aromatic carbocycles. The zero-order valence-corrected chi connectivity index (χ0v) is 14.1. The Hall–Kier alpha value is -2.46. The summed E-state index contributed by atoms with van der Waals surface area (Å²) in [5, 5.41) is 1.11. The topological polar surface area (TPSA) is 38.2 Å². The van der Waals surface area contributed by atoms with Gasteiger partial charge in [-0.05, 0) is 37.1 Å². The molecule has 24 heavy (non-hydrogen) atoms. The highest BCUT2D eigenvalue weighted by molar-refractivity contribution is 5.89. The molecular formula is C20H21N3O. The van der Waals surface area contributed by atoms with Gasteiger partial charge in [-0.25, -0.2) is 9.97 Å². The van der Waals surface area contributed by atoms with Crippen LogP contribution < -0.4 is 4.90 Å². The van der Waals surface area contributed by atoms with Crippen molar-refractivity contribution in [3.8, 4) is 0 Å². The summed E-state index contributed by atoms with van der Waals surface area (Å²) in [5.41, 5.74) is 4.75. The number of aromatic nitrogens is 2. The van der Waals surface area contributed by atoms with Crippen LogP contribution in [0.1, 0.15) is 22.8 Å². The summed E-state index contributed by atoms with van der Waals surface area (Å²) in [5.74, 6) is 1.01. The van der Waals surface area contributed by atoms with Gasteiger partial charge in [-0.15, -0.1) is 0 Å². The molecule has 0 bridgehead atoms. The predicted octanol–water partition coefficient (Wildman–Crippen LogP) is 3.82. The van der Waals surface area contributed by atoms with E-state index in [4.69, 9.17) is 4.74 Å². The Kier molecular flexibility index (Phi) is 3.90. The van der Waals surface area contributed by atoms with E-state index in [0.29, 0.717) is 6.61 Å². The van der Waals surface area contributed by atoms with Crippen LogP contribution in [0.3, 0.4) is 0 Å². The number of morpholine rings is 1. The summed E-state index contributed by atoms with van der Waals surface area (Å²) in [6.07, 6.45) is 1.74. The van der Waals surface area contributed by atoms with Gasteiger partial charge in [0.2, 0.25) is 0 Å². The van der Waals surface area contributed by atoms with Gasteiger partial charge >= 0.3 is 0 Å². The van der Waals surface area contributed by atoms with Crippen molar-refractivity contribution in [1.82, 2.24) is 9.97 Å². The van der Waals surface area contributed by atoms with E-state index >= 15 is 0 Å². The molecule has 1 saturated heterocycles. The smallest absolute Gasteiger partial charge is 0.140 e. The van der Waals surface area contributed by atoms with Crippen molar-refractivity contribution in [3.63, 3.8) is 0 Å². The fourth-order valence-electron chi connectivity index (χ4n) is 3.39. The first-order valence-electron chi connectivity index (χ1n) is 8.36. The van der Waals surface area contributed by atoms with Crippen LogP contribution in [0.25, 0.3) is 10.9 Å². The first kappa shape index (κ1) is 15.1. The molecule has 0 spiro atoms. The maximum absolute atomic E-state index is 6.05. The van der Waals surface area contributed by atoms with Gasteiger partial charge in [0.05, 0.1) is 12.1 Å². The number of anilines is 1. The number of hydrogen-bond acceptors (Lipinski definition) is 4. The van der Waals surface area contributed by atoms with Crippen LogP contribution >= 0.6 is 0 Å². The zero-order chi connectivity index (χ0) is 16.5. The van der Waals surface area contributed by atoms with Gasteiger partial charge in [0, 0.05) is 18.5 Å². The molecule has 2 heterocycles. The minimum atomic E-state index is 0.0785. The minimum Gasteiger partial charge on any atom is -0.370 e.